The van der Waals surface area contributed by atoms with Crippen molar-refractivity contribution >= 4 is 11.7 Å². The molecule has 16 heavy (non-hydrogen) atoms. The maximum Gasteiger partial charge on any atom is 0.419 e. The van der Waals surface area contributed by atoms with Crippen LogP contribution in [0.1, 0.15) is 5.56 Å². The molecule has 0 unspecified atom stereocenters. The average molecular weight is 237 g/mol. The molecule has 0 bridgehead atoms. The zero-order valence-corrected chi connectivity index (χ0v) is 7.81. The number of aliphatic carboxylic acids is 1. The number of hydrogen-bond acceptors (Lipinski definition) is 2. The van der Waals surface area contributed by atoms with Gasteiger partial charge < -0.3 is 10.4 Å². The van der Waals surface area contributed by atoms with Gasteiger partial charge in [-0.25, -0.2) is 4.39 Å². The summed E-state index contributed by atoms with van der Waals surface area (Å²) in [4.78, 5) is 10.2. The van der Waals surface area contributed by atoms with Gasteiger partial charge in [0.2, 0.25) is 0 Å². The number of anilines is 1. The molecule has 0 aliphatic heterocycles. The molecule has 1 rings (SSSR count). The lowest BCUT2D eigenvalue weighted by atomic mass is 10.2. The van der Waals surface area contributed by atoms with E-state index >= 15 is 0 Å². The molecule has 0 saturated carbocycles. The van der Waals surface area contributed by atoms with E-state index < -0.39 is 30.1 Å². The Labute approximate surface area is 87.7 Å². The number of carbonyl (C=O) groups is 1. The van der Waals surface area contributed by atoms with E-state index in [0.29, 0.717) is 12.1 Å². The minimum atomic E-state index is -4.80. The fourth-order valence-corrected chi connectivity index (χ4v) is 1.03. The van der Waals surface area contributed by atoms with E-state index in [9.17, 15) is 22.4 Å². The van der Waals surface area contributed by atoms with Crippen molar-refractivity contribution in [1.82, 2.24) is 0 Å². The number of halogens is 4. The van der Waals surface area contributed by atoms with E-state index in [1.807, 2.05) is 0 Å². The number of carboxylic acid groups (broad SMARTS) is 1. The molecule has 1 aromatic carbocycles. The molecule has 1 aromatic rings. The van der Waals surface area contributed by atoms with Gasteiger partial charge in [0.25, 0.3) is 0 Å². The van der Waals surface area contributed by atoms with Gasteiger partial charge in [-0.2, -0.15) is 13.2 Å². The van der Waals surface area contributed by atoms with Crippen LogP contribution >= 0.6 is 0 Å². The van der Waals surface area contributed by atoms with Crippen LogP contribution in [0.4, 0.5) is 23.2 Å². The molecule has 0 aromatic heterocycles. The third-order valence-corrected chi connectivity index (χ3v) is 1.72. The molecular weight excluding hydrogens is 230 g/mol. The summed E-state index contributed by atoms with van der Waals surface area (Å²) in [7, 11) is 0. The van der Waals surface area contributed by atoms with E-state index in [1.165, 1.54) is 0 Å². The Morgan fingerprint density at radius 3 is 2.50 bits per heavy atom. The van der Waals surface area contributed by atoms with Gasteiger partial charge in [0.1, 0.15) is 12.4 Å². The van der Waals surface area contributed by atoms with Crippen molar-refractivity contribution in [2.24, 2.45) is 0 Å². The van der Waals surface area contributed by atoms with E-state index in [4.69, 9.17) is 5.11 Å². The number of rotatable bonds is 3. The van der Waals surface area contributed by atoms with Crippen LogP contribution in [0.5, 0.6) is 0 Å². The quantitative estimate of drug-likeness (QED) is 0.793. The van der Waals surface area contributed by atoms with Crippen LogP contribution in [-0.2, 0) is 11.0 Å². The van der Waals surface area contributed by atoms with Crippen molar-refractivity contribution in [3.63, 3.8) is 0 Å². The van der Waals surface area contributed by atoms with Crippen LogP contribution in [0.25, 0.3) is 0 Å². The van der Waals surface area contributed by atoms with E-state index in [2.05, 4.69) is 5.32 Å². The smallest absolute Gasteiger partial charge is 0.419 e. The largest absolute Gasteiger partial charge is 0.480 e. The van der Waals surface area contributed by atoms with Crippen molar-refractivity contribution in [2.75, 3.05) is 11.9 Å². The average Bonchev–Trinajstić information content (AvgIpc) is 2.14. The number of carboxylic acids is 1. The summed E-state index contributed by atoms with van der Waals surface area (Å²) in [6.45, 7) is -0.539. The summed E-state index contributed by atoms with van der Waals surface area (Å²) in [6, 6.07) is 2.19. The van der Waals surface area contributed by atoms with Crippen molar-refractivity contribution in [3.05, 3.63) is 29.6 Å². The summed E-state index contributed by atoms with van der Waals surface area (Å²) in [6.07, 6.45) is -4.80. The molecule has 0 atom stereocenters. The molecule has 2 N–H and O–H groups in total. The number of alkyl halides is 3. The van der Waals surface area contributed by atoms with Gasteiger partial charge >= 0.3 is 12.1 Å². The van der Waals surface area contributed by atoms with E-state index in [0.717, 1.165) is 6.07 Å². The molecular formula is C9H7F4NO2. The van der Waals surface area contributed by atoms with Gasteiger partial charge in [-0.05, 0) is 18.2 Å². The highest BCUT2D eigenvalue weighted by Gasteiger charge is 2.34. The van der Waals surface area contributed by atoms with Crippen molar-refractivity contribution in [2.45, 2.75) is 6.18 Å². The lowest BCUT2D eigenvalue weighted by Crippen LogP contribution is -2.14. The second-order valence-corrected chi connectivity index (χ2v) is 2.94. The molecule has 0 fully saturated rings. The molecule has 88 valence electrons. The molecule has 0 heterocycles. The summed E-state index contributed by atoms with van der Waals surface area (Å²) in [5.41, 5.74) is -1.53. The minimum Gasteiger partial charge on any atom is -0.480 e. The van der Waals surface area contributed by atoms with Gasteiger partial charge in [0, 0.05) is 5.69 Å². The second kappa shape index (κ2) is 4.38. The first-order chi connectivity index (χ1) is 7.30. The summed E-state index contributed by atoms with van der Waals surface area (Å²) in [5.74, 6) is -2.62. The second-order valence-electron chi connectivity index (χ2n) is 2.94. The SMILES string of the molecule is O=C(O)CNc1ccc(F)c(C(F)(F)F)c1. The molecule has 0 amide bonds. The summed E-state index contributed by atoms with van der Waals surface area (Å²) in [5, 5.41) is 10.5. The summed E-state index contributed by atoms with van der Waals surface area (Å²) >= 11 is 0. The van der Waals surface area contributed by atoms with E-state index in [-0.39, 0.29) is 5.69 Å². The van der Waals surface area contributed by atoms with Crippen LogP contribution in [0, 0.1) is 5.82 Å². The Bertz CT molecular complexity index is 403. The predicted octanol–water partition coefficient (Wildman–Crippen LogP) is 2.34. The van der Waals surface area contributed by atoms with Crippen molar-refractivity contribution in [1.29, 1.82) is 0 Å². The Balaban J connectivity index is 2.94. The van der Waals surface area contributed by atoms with Crippen LogP contribution in [0.3, 0.4) is 0 Å². The van der Waals surface area contributed by atoms with Crippen LogP contribution in [0.2, 0.25) is 0 Å². The summed E-state index contributed by atoms with van der Waals surface area (Å²) < 4.78 is 49.5. The molecule has 7 heteroatoms. The lowest BCUT2D eigenvalue weighted by Gasteiger charge is -2.10. The first-order valence-corrected chi connectivity index (χ1v) is 4.13. The van der Waals surface area contributed by atoms with Crippen LogP contribution in [-0.4, -0.2) is 17.6 Å². The third kappa shape index (κ3) is 3.11. The highest BCUT2D eigenvalue weighted by molar-refractivity contribution is 5.72. The molecule has 0 aliphatic carbocycles. The van der Waals surface area contributed by atoms with Gasteiger partial charge in [0.15, 0.2) is 0 Å². The normalized spacial score (nSPS) is 11.2. The number of hydrogen-bond donors (Lipinski definition) is 2. The Kier molecular flexibility index (Phi) is 3.36. The predicted molar refractivity (Wildman–Crippen MR) is 47.5 cm³/mol. The highest BCUT2D eigenvalue weighted by atomic mass is 19.4. The van der Waals surface area contributed by atoms with Crippen molar-refractivity contribution < 1.29 is 27.5 Å². The van der Waals surface area contributed by atoms with E-state index in [1.54, 1.807) is 0 Å². The molecule has 3 nitrogen and oxygen atoms in total. The highest BCUT2D eigenvalue weighted by Crippen LogP contribution is 2.32. The first kappa shape index (κ1) is 12.3. The molecule has 0 saturated heterocycles. The molecule has 0 spiro atoms. The lowest BCUT2D eigenvalue weighted by molar-refractivity contribution is -0.140. The Morgan fingerprint density at radius 2 is 2.00 bits per heavy atom. The maximum atomic E-state index is 12.8. The number of nitrogens with one attached hydrogen (secondary N) is 1. The minimum absolute atomic E-state index is 0.101. The Morgan fingerprint density at radius 1 is 1.38 bits per heavy atom. The molecule has 0 radical (unpaired) electrons. The van der Waals surface area contributed by atoms with Gasteiger partial charge in [-0.3, -0.25) is 4.79 Å². The van der Waals surface area contributed by atoms with Crippen molar-refractivity contribution in [3.8, 4) is 0 Å². The van der Waals surface area contributed by atoms with Crippen LogP contribution < -0.4 is 5.32 Å². The fourth-order valence-electron chi connectivity index (χ4n) is 1.03. The number of benzene rings is 1. The third-order valence-electron chi connectivity index (χ3n) is 1.72. The van der Waals surface area contributed by atoms with Crippen LogP contribution in [0.15, 0.2) is 18.2 Å². The monoisotopic (exact) mass is 237 g/mol. The maximum absolute atomic E-state index is 12.8. The van der Waals surface area contributed by atoms with Gasteiger partial charge in [-0.1, -0.05) is 0 Å². The van der Waals surface area contributed by atoms with Gasteiger partial charge in [0.05, 0.1) is 5.56 Å². The first-order valence-electron chi connectivity index (χ1n) is 4.13. The zero-order valence-electron chi connectivity index (χ0n) is 7.81. The zero-order chi connectivity index (χ0) is 12.3. The van der Waals surface area contributed by atoms with Gasteiger partial charge in [-0.15, -0.1) is 0 Å². The standard InChI is InChI=1S/C9H7F4NO2/c10-7-2-1-5(14-4-8(15)16)3-6(7)9(11,12)13/h1-3,14H,4H2,(H,15,16). The molecule has 0 aliphatic rings. The Hall–Kier alpha value is -1.79. The topological polar surface area (TPSA) is 49.3 Å². The fraction of sp³-hybridized carbons (Fsp3) is 0.222.